The van der Waals surface area contributed by atoms with Gasteiger partial charge < -0.3 is 9.88 Å². The van der Waals surface area contributed by atoms with E-state index >= 15 is 0 Å². The highest BCUT2D eigenvalue weighted by Crippen LogP contribution is 2.25. The zero-order chi connectivity index (χ0) is 19.7. The topological polar surface area (TPSA) is 54.3 Å². The number of benzene rings is 2. The molecule has 2 aromatic carbocycles. The molecule has 0 atom stereocenters. The van der Waals surface area contributed by atoms with Crippen LogP contribution >= 0.6 is 0 Å². The molecular weight excluding hydrogens is 357 g/mol. The molecule has 1 aliphatic heterocycles. The molecule has 0 bridgehead atoms. The number of carbonyl (C=O) groups excluding carboxylic acids is 2. The van der Waals surface area contributed by atoms with Crippen molar-refractivity contribution in [1.29, 1.82) is 0 Å². The predicted octanol–water partition coefficient (Wildman–Crippen LogP) is 3.51. The largest absolute Gasteiger partial charge is 0.335 e. The molecule has 6 heteroatoms. The number of rotatable bonds is 4. The van der Waals surface area contributed by atoms with E-state index in [-0.39, 0.29) is 18.1 Å². The first-order valence-electron chi connectivity index (χ1n) is 8.67. The van der Waals surface area contributed by atoms with Gasteiger partial charge in [-0.3, -0.25) is 9.69 Å². The Morgan fingerprint density at radius 1 is 1.11 bits per heavy atom. The normalized spacial score (nSPS) is 15.3. The summed E-state index contributed by atoms with van der Waals surface area (Å²) in [4.78, 5) is 26.1. The minimum atomic E-state index is -0.507. The monoisotopic (exact) mass is 373 g/mol. The lowest BCUT2D eigenvalue weighted by Crippen LogP contribution is -2.30. The first kappa shape index (κ1) is 17.6. The SMILES string of the molecule is C#CCn1cc(/C=C2/NC(=O)N(Cc3ccc(F)cc3)C2=O)c2ccccc21. The summed E-state index contributed by atoms with van der Waals surface area (Å²) in [5.74, 6) is 1.81. The van der Waals surface area contributed by atoms with Crippen LogP contribution in [0, 0.1) is 18.2 Å². The van der Waals surface area contributed by atoms with E-state index in [0.29, 0.717) is 12.1 Å². The molecule has 0 saturated carbocycles. The maximum atomic E-state index is 13.1. The number of nitrogens with zero attached hydrogens (tertiary/aromatic N) is 2. The van der Waals surface area contributed by atoms with Crippen molar-refractivity contribution < 1.29 is 14.0 Å². The average Bonchev–Trinajstić information content (AvgIpc) is 3.17. The predicted molar refractivity (Wildman–Crippen MR) is 104 cm³/mol. The minimum Gasteiger partial charge on any atom is -0.335 e. The Hall–Kier alpha value is -3.85. The van der Waals surface area contributed by atoms with E-state index in [2.05, 4.69) is 11.2 Å². The lowest BCUT2D eigenvalue weighted by molar-refractivity contribution is -0.123. The van der Waals surface area contributed by atoms with Crippen LogP contribution in [0.5, 0.6) is 0 Å². The quantitative estimate of drug-likeness (QED) is 0.432. The smallest absolute Gasteiger partial charge is 0.329 e. The fourth-order valence-electron chi connectivity index (χ4n) is 3.26. The highest BCUT2D eigenvalue weighted by molar-refractivity contribution is 6.14. The number of aromatic nitrogens is 1. The first-order valence-corrected chi connectivity index (χ1v) is 8.67. The van der Waals surface area contributed by atoms with Crippen LogP contribution in [0.1, 0.15) is 11.1 Å². The van der Waals surface area contributed by atoms with Gasteiger partial charge in [0.2, 0.25) is 0 Å². The van der Waals surface area contributed by atoms with Gasteiger partial charge in [0, 0.05) is 22.7 Å². The Labute approximate surface area is 161 Å². The first-order chi connectivity index (χ1) is 13.6. The van der Waals surface area contributed by atoms with E-state index in [0.717, 1.165) is 21.4 Å². The summed E-state index contributed by atoms with van der Waals surface area (Å²) in [6, 6.07) is 12.9. The molecule has 3 aromatic rings. The molecule has 0 spiro atoms. The van der Waals surface area contributed by atoms with Crippen LogP contribution in [0.15, 0.2) is 60.4 Å². The standard InChI is InChI=1S/C22H16FN3O2/c1-2-11-25-14-16(18-5-3-4-6-20(18)25)12-19-21(27)26(22(28)24-19)13-15-7-9-17(23)10-8-15/h1,3-10,12,14H,11,13H2,(H,24,28)/b19-12+. The molecular formula is C22H16FN3O2. The molecule has 0 aliphatic carbocycles. The molecule has 1 fully saturated rings. The average molecular weight is 373 g/mol. The third-order valence-electron chi connectivity index (χ3n) is 4.60. The number of hydrogen-bond acceptors (Lipinski definition) is 2. The Morgan fingerprint density at radius 2 is 1.86 bits per heavy atom. The van der Waals surface area contributed by atoms with Gasteiger partial charge in [-0.2, -0.15) is 0 Å². The molecule has 28 heavy (non-hydrogen) atoms. The van der Waals surface area contributed by atoms with Gasteiger partial charge in [-0.15, -0.1) is 6.42 Å². The fraction of sp³-hybridized carbons (Fsp3) is 0.0909. The number of para-hydroxylation sites is 1. The number of hydrogen-bond donors (Lipinski definition) is 1. The van der Waals surface area contributed by atoms with Gasteiger partial charge in [0.25, 0.3) is 5.91 Å². The Morgan fingerprint density at radius 3 is 2.61 bits per heavy atom. The van der Waals surface area contributed by atoms with Gasteiger partial charge in [0.05, 0.1) is 13.1 Å². The fourth-order valence-corrected chi connectivity index (χ4v) is 3.26. The molecule has 1 saturated heterocycles. The summed E-state index contributed by atoms with van der Waals surface area (Å²) in [5, 5.41) is 3.55. The maximum absolute atomic E-state index is 13.1. The molecule has 4 rings (SSSR count). The summed E-state index contributed by atoms with van der Waals surface area (Å²) < 4.78 is 15.0. The van der Waals surface area contributed by atoms with E-state index in [1.807, 2.05) is 35.0 Å². The van der Waals surface area contributed by atoms with Crippen LogP contribution in [0.3, 0.4) is 0 Å². The van der Waals surface area contributed by atoms with E-state index < -0.39 is 11.9 Å². The number of nitrogens with one attached hydrogen (secondary N) is 1. The Bertz CT molecular complexity index is 1150. The number of imide groups is 1. The molecule has 0 radical (unpaired) electrons. The van der Waals surface area contributed by atoms with Gasteiger partial charge in [-0.05, 0) is 29.8 Å². The van der Waals surface area contributed by atoms with Gasteiger partial charge in [-0.1, -0.05) is 36.3 Å². The molecule has 3 amide bonds. The minimum absolute atomic E-state index is 0.0706. The Balaban J connectivity index is 1.65. The molecule has 2 heterocycles. The van der Waals surface area contributed by atoms with Crippen molar-refractivity contribution >= 4 is 28.9 Å². The van der Waals surface area contributed by atoms with Crippen LogP contribution < -0.4 is 5.32 Å². The van der Waals surface area contributed by atoms with Crippen LogP contribution in [-0.2, 0) is 17.9 Å². The van der Waals surface area contributed by atoms with Crippen molar-refractivity contribution in [3.63, 3.8) is 0 Å². The van der Waals surface area contributed by atoms with E-state index in [1.165, 1.54) is 12.1 Å². The highest BCUT2D eigenvalue weighted by Gasteiger charge is 2.33. The van der Waals surface area contributed by atoms with Crippen molar-refractivity contribution in [1.82, 2.24) is 14.8 Å². The number of halogens is 1. The molecule has 1 N–H and O–H groups in total. The van der Waals surface area contributed by atoms with Crippen molar-refractivity contribution in [2.24, 2.45) is 0 Å². The lowest BCUT2D eigenvalue weighted by atomic mass is 10.1. The molecule has 1 aliphatic rings. The van der Waals surface area contributed by atoms with Crippen LogP contribution in [0.4, 0.5) is 9.18 Å². The molecule has 5 nitrogen and oxygen atoms in total. The number of terminal acetylenes is 1. The van der Waals surface area contributed by atoms with E-state index in [4.69, 9.17) is 6.42 Å². The summed E-state index contributed by atoms with van der Waals surface area (Å²) >= 11 is 0. The van der Waals surface area contributed by atoms with Crippen molar-refractivity contribution in [3.05, 3.63) is 77.4 Å². The van der Waals surface area contributed by atoms with E-state index in [1.54, 1.807) is 18.2 Å². The van der Waals surface area contributed by atoms with Gasteiger partial charge >= 0.3 is 6.03 Å². The van der Waals surface area contributed by atoms with Crippen LogP contribution in [-0.4, -0.2) is 21.4 Å². The number of carbonyl (C=O) groups is 2. The Kier molecular flexibility index (Phi) is 4.42. The lowest BCUT2D eigenvalue weighted by Gasteiger charge is -2.11. The zero-order valence-electron chi connectivity index (χ0n) is 14.9. The zero-order valence-corrected chi connectivity index (χ0v) is 14.9. The van der Waals surface area contributed by atoms with Crippen LogP contribution in [0.2, 0.25) is 0 Å². The molecule has 0 unspecified atom stereocenters. The summed E-state index contributed by atoms with van der Waals surface area (Å²) in [6.07, 6.45) is 8.95. The van der Waals surface area contributed by atoms with Gasteiger partial charge in [0.15, 0.2) is 0 Å². The van der Waals surface area contributed by atoms with Crippen LogP contribution in [0.25, 0.3) is 17.0 Å². The summed E-state index contributed by atoms with van der Waals surface area (Å²) in [7, 11) is 0. The molecule has 1 aromatic heterocycles. The van der Waals surface area contributed by atoms with Gasteiger partial charge in [-0.25, -0.2) is 9.18 Å². The van der Waals surface area contributed by atoms with Crippen molar-refractivity contribution in [3.8, 4) is 12.3 Å². The highest BCUT2D eigenvalue weighted by atomic mass is 19.1. The number of fused-ring (bicyclic) bond motifs is 1. The van der Waals surface area contributed by atoms with Crippen molar-refractivity contribution in [2.75, 3.05) is 0 Å². The summed E-state index contributed by atoms with van der Waals surface area (Å²) in [6.45, 7) is 0.474. The second-order valence-corrected chi connectivity index (χ2v) is 6.44. The maximum Gasteiger partial charge on any atom is 0.329 e. The van der Waals surface area contributed by atoms with E-state index in [9.17, 15) is 14.0 Å². The molecule has 138 valence electrons. The number of amides is 3. The second kappa shape index (κ2) is 7.05. The number of urea groups is 1. The van der Waals surface area contributed by atoms with Gasteiger partial charge in [0.1, 0.15) is 11.5 Å². The third-order valence-corrected chi connectivity index (χ3v) is 4.60. The van der Waals surface area contributed by atoms with Crippen molar-refractivity contribution in [2.45, 2.75) is 13.1 Å². The second-order valence-electron chi connectivity index (χ2n) is 6.44. The third kappa shape index (κ3) is 3.14. The summed E-state index contributed by atoms with van der Waals surface area (Å²) in [5.41, 5.74) is 2.60.